The van der Waals surface area contributed by atoms with Gasteiger partial charge in [-0.25, -0.2) is 8.42 Å². The van der Waals surface area contributed by atoms with E-state index in [0.717, 1.165) is 19.3 Å². The number of hydrogen-bond donors (Lipinski definition) is 0. The quantitative estimate of drug-likeness (QED) is 0.0946. The second kappa shape index (κ2) is 20.5. The van der Waals surface area contributed by atoms with Gasteiger partial charge in [-0.05, 0) is 6.42 Å². The van der Waals surface area contributed by atoms with Crippen molar-refractivity contribution in [1.82, 2.24) is 0 Å². The number of carbonyl (C=O) groups excluding carboxylic acids is 2. The molecule has 0 aromatic carbocycles. The van der Waals surface area contributed by atoms with Crippen LogP contribution in [0.4, 0.5) is 0 Å². The Kier molecular flexibility index (Phi) is 21.7. The van der Waals surface area contributed by atoms with Crippen LogP contribution in [-0.4, -0.2) is 43.4 Å². The first-order valence-electron chi connectivity index (χ1n) is 10.7. The smallest absolute Gasteiger partial charge is 0.747 e. The first-order chi connectivity index (χ1) is 13.8. The molecule has 0 saturated heterocycles. The van der Waals surface area contributed by atoms with Gasteiger partial charge in [0, 0.05) is 0 Å². The van der Waals surface area contributed by atoms with Crippen LogP contribution in [0.2, 0.25) is 0 Å². The van der Waals surface area contributed by atoms with Crippen molar-refractivity contribution in [2.24, 2.45) is 0 Å². The van der Waals surface area contributed by atoms with Crippen LogP contribution in [0.1, 0.15) is 90.4 Å². The molecule has 0 aromatic rings. The number of esters is 2. The van der Waals surface area contributed by atoms with Crippen LogP contribution in [0.25, 0.3) is 0 Å². The van der Waals surface area contributed by atoms with Crippen molar-refractivity contribution >= 4 is 22.1 Å². The van der Waals surface area contributed by atoms with Crippen LogP contribution in [0.3, 0.4) is 0 Å². The molecule has 0 amide bonds. The monoisotopic (exact) mass is 456 g/mol. The maximum absolute atomic E-state index is 11.7. The Labute approximate surface area is 204 Å². The molecule has 0 aromatic heterocycles. The topological polar surface area (TPSA) is 110 Å². The standard InChI is InChI=1S/C21H38O7S.Na/c1-3-5-6-7-8-9-10-11-12-13-14-15-17-27-20(22)18-19(29(24,25)26)21(23)28-16-4-2;/h4,19H,2-3,5-18H2,1H3,(H,24,25,26);/q;+1/p-1. The first-order valence-corrected chi connectivity index (χ1v) is 12.2. The molecular formula is C21H37NaO7S. The zero-order chi connectivity index (χ0) is 22.0. The van der Waals surface area contributed by atoms with Crippen LogP contribution in [0.15, 0.2) is 12.7 Å². The van der Waals surface area contributed by atoms with Gasteiger partial charge in [0.15, 0.2) is 5.25 Å². The zero-order valence-corrected chi connectivity index (χ0v) is 21.6. The zero-order valence-electron chi connectivity index (χ0n) is 18.7. The van der Waals surface area contributed by atoms with Crippen LogP contribution in [0, 0.1) is 0 Å². The summed E-state index contributed by atoms with van der Waals surface area (Å²) in [5, 5.41) is -2.09. The molecule has 1 unspecified atom stereocenters. The van der Waals surface area contributed by atoms with E-state index in [-0.39, 0.29) is 42.8 Å². The van der Waals surface area contributed by atoms with Crippen molar-refractivity contribution in [3.8, 4) is 0 Å². The van der Waals surface area contributed by atoms with Gasteiger partial charge in [0.05, 0.1) is 13.0 Å². The van der Waals surface area contributed by atoms with Gasteiger partial charge < -0.3 is 14.0 Å². The van der Waals surface area contributed by atoms with E-state index >= 15 is 0 Å². The molecule has 170 valence electrons. The van der Waals surface area contributed by atoms with Gasteiger partial charge in [-0.2, -0.15) is 0 Å². The molecule has 0 N–H and O–H groups in total. The van der Waals surface area contributed by atoms with E-state index in [1.54, 1.807) is 0 Å². The molecule has 0 spiro atoms. The molecule has 7 nitrogen and oxygen atoms in total. The third kappa shape index (κ3) is 18.4. The fraction of sp³-hybridized carbons (Fsp3) is 0.810. The van der Waals surface area contributed by atoms with E-state index in [9.17, 15) is 22.6 Å². The second-order valence-corrected chi connectivity index (χ2v) is 8.77. The summed E-state index contributed by atoms with van der Waals surface area (Å²) >= 11 is 0. The maximum atomic E-state index is 11.7. The van der Waals surface area contributed by atoms with Crippen molar-refractivity contribution in [1.29, 1.82) is 0 Å². The van der Waals surface area contributed by atoms with E-state index in [0.29, 0.717) is 6.42 Å². The summed E-state index contributed by atoms with van der Waals surface area (Å²) in [6, 6.07) is 0. The Morgan fingerprint density at radius 2 is 1.37 bits per heavy atom. The Morgan fingerprint density at radius 3 is 1.80 bits per heavy atom. The predicted octanol–water partition coefficient (Wildman–Crippen LogP) is 1.27. The second-order valence-electron chi connectivity index (χ2n) is 7.21. The minimum Gasteiger partial charge on any atom is -0.747 e. The van der Waals surface area contributed by atoms with E-state index < -0.39 is 33.7 Å². The Bertz CT molecular complexity index is 564. The summed E-state index contributed by atoms with van der Waals surface area (Å²) in [6.45, 7) is 5.44. The van der Waals surface area contributed by atoms with Crippen molar-refractivity contribution in [2.45, 2.75) is 95.6 Å². The van der Waals surface area contributed by atoms with Crippen molar-refractivity contribution in [3.63, 3.8) is 0 Å². The van der Waals surface area contributed by atoms with Crippen LogP contribution in [-0.2, 0) is 29.2 Å². The Hall–Kier alpha value is -0.410. The molecule has 30 heavy (non-hydrogen) atoms. The normalized spacial score (nSPS) is 11.9. The van der Waals surface area contributed by atoms with Gasteiger partial charge in [-0.1, -0.05) is 90.2 Å². The van der Waals surface area contributed by atoms with Crippen molar-refractivity contribution in [3.05, 3.63) is 12.7 Å². The summed E-state index contributed by atoms with van der Waals surface area (Å²) in [7, 11) is -5.01. The van der Waals surface area contributed by atoms with Gasteiger partial charge in [0.2, 0.25) is 0 Å². The largest absolute Gasteiger partial charge is 1.00 e. The van der Waals surface area contributed by atoms with Gasteiger partial charge in [0.1, 0.15) is 16.7 Å². The number of unbranched alkanes of at least 4 members (excludes halogenated alkanes) is 11. The first kappa shape index (κ1) is 31.8. The molecule has 0 aliphatic carbocycles. The van der Waals surface area contributed by atoms with E-state index in [1.807, 2.05) is 0 Å². The van der Waals surface area contributed by atoms with Crippen molar-refractivity contribution in [2.75, 3.05) is 13.2 Å². The Morgan fingerprint density at radius 1 is 0.900 bits per heavy atom. The van der Waals surface area contributed by atoms with Crippen LogP contribution >= 0.6 is 0 Å². The number of carbonyl (C=O) groups is 2. The fourth-order valence-electron chi connectivity index (χ4n) is 2.88. The molecule has 9 heteroatoms. The van der Waals surface area contributed by atoms with Crippen molar-refractivity contribution < 1.29 is 61.6 Å². The molecular weight excluding hydrogens is 419 g/mol. The third-order valence-electron chi connectivity index (χ3n) is 4.57. The third-order valence-corrected chi connectivity index (χ3v) is 5.62. The maximum Gasteiger partial charge on any atom is 1.00 e. The van der Waals surface area contributed by atoms with E-state index in [2.05, 4.69) is 18.2 Å². The summed E-state index contributed by atoms with van der Waals surface area (Å²) in [5.41, 5.74) is 0. The summed E-state index contributed by atoms with van der Waals surface area (Å²) in [5.74, 6) is -2.16. The average Bonchev–Trinajstić information content (AvgIpc) is 2.67. The summed E-state index contributed by atoms with van der Waals surface area (Å²) < 4.78 is 43.0. The SMILES string of the molecule is C=CCOC(=O)C(CC(=O)OCCCCCCCCCCCCCC)S(=O)(=O)[O-].[Na+]. The molecule has 1 atom stereocenters. The molecule has 0 aliphatic heterocycles. The molecule has 0 aliphatic rings. The molecule has 0 saturated carbocycles. The Balaban J connectivity index is 0. The van der Waals surface area contributed by atoms with Crippen LogP contribution < -0.4 is 29.6 Å². The summed E-state index contributed by atoms with van der Waals surface area (Å²) in [6.07, 6.45) is 14.5. The predicted molar refractivity (Wildman–Crippen MR) is 111 cm³/mol. The molecule has 0 rings (SSSR count). The average molecular weight is 457 g/mol. The van der Waals surface area contributed by atoms with Gasteiger partial charge in [-0.15, -0.1) is 0 Å². The van der Waals surface area contributed by atoms with Gasteiger partial charge >= 0.3 is 41.5 Å². The van der Waals surface area contributed by atoms with Gasteiger partial charge in [0.25, 0.3) is 0 Å². The van der Waals surface area contributed by atoms with E-state index in [4.69, 9.17) is 4.74 Å². The molecule has 0 bridgehead atoms. The van der Waals surface area contributed by atoms with Gasteiger partial charge in [-0.3, -0.25) is 9.59 Å². The minimum atomic E-state index is -5.01. The molecule has 0 radical (unpaired) electrons. The van der Waals surface area contributed by atoms with E-state index in [1.165, 1.54) is 57.4 Å². The van der Waals surface area contributed by atoms with Crippen LogP contribution in [0.5, 0.6) is 0 Å². The molecule has 0 heterocycles. The fourth-order valence-corrected chi connectivity index (χ4v) is 3.52. The minimum absolute atomic E-state index is 0. The molecule has 0 fully saturated rings. The summed E-state index contributed by atoms with van der Waals surface area (Å²) in [4.78, 5) is 23.3. The number of hydrogen-bond acceptors (Lipinski definition) is 7. The number of ether oxygens (including phenoxy) is 2. The number of rotatable bonds is 19.